The summed E-state index contributed by atoms with van der Waals surface area (Å²) in [6.45, 7) is 8.52. The van der Waals surface area contributed by atoms with E-state index in [2.05, 4.69) is 0 Å². The van der Waals surface area contributed by atoms with E-state index in [9.17, 15) is 19.1 Å². The Kier molecular flexibility index (Phi) is 5.38. The molecule has 0 aromatic rings. The molecule has 1 unspecified atom stereocenters. The number of hydrogen-bond donors (Lipinski definition) is 2. The minimum absolute atomic E-state index is 0.0525. The van der Waals surface area contributed by atoms with Crippen LogP contribution in [0.4, 0.5) is 0 Å². The van der Waals surface area contributed by atoms with Crippen LogP contribution in [0.5, 0.6) is 0 Å². The van der Waals surface area contributed by atoms with Crippen LogP contribution in [0.1, 0.15) is 47.5 Å². The van der Waals surface area contributed by atoms with Gasteiger partial charge in [0.1, 0.15) is 0 Å². The topological polar surface area (TPSA) is 83.8 Å². The summed E-state index contributed by atoms with van der Waals surface area (Å²) in [6.07, 6.45) is 0.529. The van der Waals surface area contributed by atoms with Gasteiger partial charge in [-0.25, -0.2) is 0 Å². The van der Waals surface area contributed by atoms with Crippen molar-refractivity contribution in [3.8, 4) is 0 Å². The minimum atomic E-state index is -4.61. The van der Waals surface area contributed by atoms with Gasteiger partial charge in [-0.2, -0.15) is 0 Å². The first-order valence-electron chi connectivity index (χ1n) is 5.83. The minimum Gasteiger partial charge on any atom is -0.465 e. The van der Waals surface area contributed by atoms with Gasteiger partial charge in [-0.05, 0) is 25.2 Å². The molecule has 0 aliphatic carbocycles. The smallest absolute Gasteiger partial charge is 0.343 e. The molecule has 0 fully saturated rings. The van der Waals surface area contributed by atoms with E-state index in [1.165, 1.54) is 0 Å². The fraction of sp³-hybridized carbons (Fsp3) is 0.909. The van der Waals surface area contributed by atoms with E-state index in [1.54, 1.807) is 34.6 Å². The van der Waals surface area contributed by atoms with Crippen molar-refractivity contribution in [2.24, 2.45) is 5.41 Å². The van der Waals surface area contributed by atoms with E-state index < -0.39 is 24.1 Å². The molecule has 0 aromatic carbocycles. The highest BCUT2D eigenvalue weighted by Crippen LogP contribution is 2.62. The third-order valence-electron chi connectivity index (χ3n) is 3.63. The third kappa shape index (κ3) is 2.72. The number of carbonyl (C=O) groups excluding carboxylic acids is 1. The molecule has 0 saturated heterocycles. The van der Waals surface area contributed by atoms with Gasteiger partial charge in [-0.3, -0.25) is 9.36 Å². The molecule has 102 valence electrons. The fourth-order valence-electron chi connectivity index (χ4n) is 2.16. The zero-order chi connectivity index (χ0) is 13.9. The summed E-state index contributed by atoms with van der Waals surface area (Å²) in [5, 5.41) is -1.76. The Bertz CT molecular complexity index is 320. The first kappa shape index (κ1) is 16.6. The quantitative estimate of drug-likeness (QED) is 0.569. The van der Waals surface area contributed by atoms with Crippen molar-refractivity contribution in [3.05, 3.63) is 0 Å². The lowest BCUT2D eigenvalue weighted by Crippen LogP contribution is -2.51. The Labute approximate surface area is 103 Å². The number of carbonyl (C=O) groups is 1. The molecule has 0 aromatic heterocycles. The summed E-state index contributed by atoms with van der Waals surface area (Å²) in [5.74, 6) is -0.803. The normalized spacial score (nSPS) is 16.4. The summed E-state index contributed by atoms with van der Waals surface area (Å²) in [4.78, 5) is 31.2. The van der Waals surface area contributed by atoms with Gasteiger partial charge in [0, 0.05) is 0 Å². The summed E-state index contributed by atoms with van der Waals surface area (Å²) in [7, 11) is -4.61. The van der Waals surface area contributed by atoms with Crippen LogP contribution in [0.15, 0.2) is 0 Å². The number of ether oxygens (including phenoxy) is 1. The van der Waals surface area contributed by atoms with Crippen molar-refractivity contribution in [1.29, 1.82) is 0 Å². The van der Waals surface area contributed by atoms with Crippen molar-refractivity contribution in [3.63, 3.8) is 0 Å². The molecular formula is C11H23O5P. The van der Waals surface area contributed by atoms with Crippen molar-refractivity contribution >= 4 is 13.6 Å². The molecule has 0 aliphatic rings. The van der Waals surface area contributed by atoms with E-state index in [4.69, 9.17) is 4.74 Å². The van der Waals surface area contributed by atoms with Crippen molar-refractivity contribution in [1.82, 2.24) is 0 Å². The van der Waals surface area contributed by atoms with Gasteiger partial charge in [-0.15, -0.1) is 0 Å². The largest absolute Gasteiger partial charge is 0.465 e. The Morgan fingerprint density at radius 1 is 1.18 bits per heavy atom. The maximum absolute atomic E-state index is 12.0. The van der Waals surface area contributed by atoms with Gasteiger partial charge in [0.15, 0.2) is 5.16 Å². The van der Waals surface area contributed by atoms with Crippen molar-refractivity contribution in [2.75, 3.05) is 6.61 Å². The van der Waals surface area contributed by atoms with E-state index in [1.807, 2.05) is 0 Å². The first-order valence-corrected chi connectivity index (χ1v) is 7.44. The molecule has 0 amide bonds. The van der Waals surface area contributed by atoms with Crippen LogP contribution >= 0.6 is 7.60 Å². The number of hydrogen-bond acceptors (Lipinski definition) is 3. The predicted molar refractivity (Wildman–Crippen MR) is 65.8 cm³/mol. The maximum Gasteiger partial charge on any atom is 0.343 e. The highest BCUT2D eigenvalue weighted by atomic mass is 31.2. The Hall–Kier alpha value is -0.380. The Morgan fingerprint density at radius 3 is 1.88 bits per heavy atom. The zero-order valence-electron chi connectivity index (χ0n) is 11.2. The van der Waals surface area contributed by atoms with Crippen LogP contribution in [-0.2, 0) is 14.1 Å². The lowest BCUT2D eigenvalue weighted by Gasteiger charge is -2.43. The molecule has 0 spiro atoms. The van der Waals surface area contributed by atoms with Crippen LogP contribution in [0.25, 0.3) is 0 Å². The molecule has 0 bridgehead atoms. The summed E-state index contributed by atoms with van der Waals surface area (Å²) >= 11 is 0. The standard InChI is InChI=1S/C11H23O5P/c1-6-10(4,5)11(7-2,17(13,14)15)9(12)16-8-3/h6-8H2,1-5H3,(H2,13,14,15). The van der Waals surface area contributed by atoms with Crippen LogP contribution in [-0.4, -0.2) is 27.5 Å². The van der Waals surface area contributed by atoms with Crippen LogP contribution in [0, 0.1) is 5.41 Å². The molecule has 6 heteroatoms. The third-order valence-corrected chi connectivity index (χ3v) is 5.72. The molecular weight excluding hydrogens is 243 g/mol. The zero-order valence-corrected chi connectivity index (χ0v) is 12.1. The molecule has 0 heterocycles. The number of esters is 1. The van der Waals surface area contributed by atoms with E-state index in [0.717, 1.165) is 0 Å². The molecule has 17 heavy (non-hydrogen) atoms. The second kappa shape index (κ2) is 5.51. The number of rotatable bonds is 6. The van der Waals surface area contributed by atoms with Gasteiger partial charge in [-0.1, -0.05) is 27.7 Å². The Morgan fingerprint density at radius 2 is 1.65 bits per heavy atom. The second-order valence-corrected chi connectivity index (χ2v) is 6.57. The van der Waals surface area contributed by atoms with Crippen LogP contribution in [0.2, 0.25) is 0 Å². The molecule has 0 saturated carbocycles. The monoisotopic (exact) mass is 266 g/mol. The van der Waals surface area contributed by atoms with Gasteiger partial charge < -0.3 is 14.5 Å². The summed E-state index contributed by atoms with van der Waals surface area (Å²) in [6, 6.07) is 0. The lowest BCUT2D eigenvalue weighted by molar-refractivity contribution is -0.151. The SMILES string of the molecule is CCOC(=O)C(CC)(C(C)(C)CC)P(=O)(O)O. The molecule has 0 rings (SSSR count). The van der Waals surface area contributed by atoms with Crippen LogP contribution in [0.3, 0.4) is 0 Å². The second-order valence-electron chi connectivity index (χ2n) is 4.72. The maximum atomic E-state index is 12.0. The van der Waals surface area contributed by atoms with E-state index in [-0.39, 0.29) is 13.0 Å². The van der Waals surface area contributed by atoms with Gasteiger partial charge in [0.25, 0.3) is 0 Å². The highest BCUT2D eigenvalue weighted by Gasteiger charge is 2.61. The van der Waals surface area contributed by atoms with Crippen LogP contribution < -0.4 is 0 Å². The molecule has 0 aliphatic heterocycles. The molecule has 1 atom stereocenters. The van der Waals surface area contributed by atoms with Crippen molar-refractivity contribution < 1.29 is 23.9 Å². The molecule has 0 radical (unpaired) electrons. The lowest BCUT2D eigenvalue weighted by atomic mass is 9.74. The van der Waals surface area contributed by atoms with E-state index in [0.29, 0.717) is 6.42 Å². The van der Waals surface area contributed by atoms with Crippen molar-refractivity contribution in [2.45, 2.75) is 52.6 Å². The van der Waals surface area contributed by atoms with Gasteiger partial charge in [0.2, 0.25) is 0 Å². The molecule has 2 N–H and O–H groups in total. The fourth-order valence-corrected chi connectivity index (χ4v) is 3.82. The average molecular weight is 266 g/mol. The average Bonchev–Trinajstić information content (AvgIpc) is 2.17. The first-order chi connectivity index (χ1) is 7.60. The Balaban J connectivity index is 5.81. The predicted octanol–water partition coefficient (Wildman–Crippen LogP) is 2.31. The van der Waals surface area contributed by atoms with Gasteiger partial charge in [0.05, 0.1) is 6.61 Å². The molecule has 5 nitrogen and oxygen atoms in total. The summed E-state index contributed by atoms with van der Waals surface area (Å²) < 4.78 is 16.7. The van der Waals surface area contributed by atoms with E-state index >= 15 is 0 Å². The summed E-state index contributed by atoms with van der Waals surface area (Å²) in [5.41, 5.74) is -0.826. The highest BCUT2D eigenvalue weighted by molar-refractivity contribution is 7.54. The van der Waals surface area contributed by atoms with Gasteiger partial charge >= 0.3 is 13.6 Å².